The van der Waals surface area contributed by atoms with E-state index < -0.39 is 0 Å². The van der Waals surface area contributed by atoms with Gasteiger partial charge < -0.3 is 10.0 Å². The van der Waals surface area contributed by atoms with Crippen molar-refractivity contribution >= 4 is 17.4 Å². The molecule has 0 unspecified atom stereocenters. The van der Waals surface area contributed by atoms with E-state index in [1.165, 1.54) is 0 Å². The summed E-state index contributed by atoms with van der Waals surface area (Å²) in [6, 6.07) is 13.7. The molecular formula is C23H25ClN4O. The smallest absolute Gasteiger partial charge is 0.163 e. The van der Waals surface area contributed by atoms with Gasteiger partial charge in [-0.05, 0) is 55.9 Å². The average molecular weight is 409 g/mol. The van der Waals surface area contributed by atoms with Crippen LogP contribution in [0.4, 0.5) is 5.82 Å². The maximum absolute atomic E-state index is 9.08. The third kappa shape index (κ3) is 4.92. The summed E-state index contributed by atoms with van der Waals surface area (Å²) >= 11 is 6.06. The van der Waals surface area contributed by atoms with Crippen LogP contribution in [0.2, 0.25) is 5.02 Å². The maximum Gasteiger partial charge on any atom is 0.163 e. The molecule has 1 aromatic carbocycles. The van der Waals surface area contributed by atoms with Gasteiger partial charge in [-0.1, -0.05) is 23.7 Å². The number of halogens is 1. The van der Waals surface area contributed by atoms with Crippen LogP contribution in [0.1, 0.15) is 25.7 Å². The number of benzene rings is 1. The minimum Gasteiger partial charge on any atom is -0.396 e. The van der Waals surface area contributed by atoms with Gasteiger partial charge in [0.1, 0.15) is 5.82 Å². The first-order chi connectivity index (χ1) is 14.2. The van der Waals surface area contributed by atoms with Gasteiger partial charge in [0.25, 0.3) is 0 Å². The fourth-order valence-corrected chi connectivity index (χ4v) is 3.95. The number of piperidine rings is 1. The normalized spacial score (nSPS) is 14.9. The van der Waals surface area contributed by atoms with Crippen LogP contribution in [0, 0.1) is 5.92 Å². The second-order valence-corrected chi connectivity index (χ2v) is 7.92. The van der Waals surface area contributed by atoms with E-state index in [0.717, 1.165) is 61.4 Å². The molecule has 0 saturated carbocycles. The zero-order valence-corrected chi connectivity index (χ0v) is 17.1. The van der Waals surface area contributed by atoms with Crippen molar-refractivity contribution in [3.63, 3.8) is 0 Å². The number of rotatable bonds is 6. The van der Waals surface area contributed by atoms with Crippen molar-refractivity contribution < 1.29 is 5.11 Å². The molecule has 29 heavy (non-hydrogen) atoms. The second-order valence-electron chi connectivity index (χ2n) is 7.48. The minimum atomic E-state index is 0.283. The van der Waals surface area contributed by atoms with Crippen LogP contribution < -0.4 is 4.90 Å². The molecule has 0 atom stereocenters. The lowest BCUT2D eigenvalue weighted by Crippen LogP contribution is -2.34. The molecule has 6 heteroatoms. The molecule has 0 radical (unpaired) electrons. The molecule has 0 bridgehead atoms. The van der Waals surface area contributed by atoms with Gasteiger partial charge in [0, 0.05) is 54.3 Å². The number of nitrogens with zero attached hydrogens (tertiary/aromatic N) is 4. The van der Waals surface area contributed by atoms with E-state index >= 15 is 0 Å². The number of aliphatic hydroxyl groups is 1. The molecule has 1 aliphatic rings. The van der Waals surface area contributed by atoms with Crippen LogP contribution in [0.3, 0.4) is 0 Å². The summed E-state index contributed by atoms with van der Waals surface area (Å²) < 4.78 is 0. The number of anilines is 1. The zero-order valence-electron chi connectivity index (χ0n) is 16.3. The lowest BCUT2D eigenvalue weighted by molar-refractivity contribution is 0.261. The van der Waals surface area contributed by atoms with Crippen molar-refractivity contribution in [2.45, 2.75) is 25.7 Å². The average Bonchev–Trinajstić information content (AvgIpc) is 2.79. The highest BCUT2D eigenvalue weighted by Gasteiger charge is 2.21. The Hall–Kier alpha value is -2.50. The topological polar surface area (TPSA) is 62.1 Å². The van der Waals surface area contributed by atoms with E-state index in [-0.39, 0.29) is 6.61 Å². The summed E-state index contributed by atoms with van der Waals surface area (Å²) in [5.74, 6) is 2.32. The van der Waals surface area contributed by atoms with Crippen molar-refractivity contribution in [1.29, 1.82) is 0 Å². The van der Waals surface area contributed by atoms with Crippen LogP contribution >= 0.6 is 11.6 Å². The summed E-state index contributed by atoms with van der Waals surface area (Å²) in [6.45, 7) is 2.23. The van der Waals surface area contributed by atoms with Crippen LogP contribution in [0.15, 0.2) is 54.9 Å². The van der Waals surface area contributed by atoms with Crippen molar-refractivity contribution in [3.05, 3.63) is 59.9 Å². The molecule has 5 nitrogen and oxygen atoms in total. The van der Waals surface area contributed by atoms with Gasteiger partial charge >= 0.3 is 0 Å². The van der Waals surface area contributed by atoms with E-state index in [2.05, 4.69) is 16.0 Å². The number of aliphatic hydroxyl groups excluding tert-OH is 1. The van der Waals surface area contributed by atoms with Gasteiger partial charge in [-0.2, -0.15) is 0 Å². The Balaban J connectivity index is 1.64. The fourth-order valence-electron chi connectivity index (χ4n) is 3.82. The predicted molar refractivity (Wildman–Crippen MR) is 117 cm³/mol. The molecule has 0 spiro atoms. The fraction of sp³-hybridized carbons (Fsp3) is 0.348. The van der Waals surface area contributed by atoms with Gasteiger partial charge in [-0.3, -0.25) is 4.98 Å². The maximum atomic E-state index is 9.08. The lowest BCUT2D eigenvalue weighted by Gasteiger charge is -2.33. The standard InChI is InChI=1S/C23H25ClN4O/c24-20-7-5-18(6-8-20)21-15-22(27-23(26-21)19-4-1-11-25-16-19)28-12-9-17(10-13-28)3-2-14-29/h1,4-8,11,15-17,29H,2-3,9-10,12-14H2. The quantitative estimate of drug-likeness (QED) is 0.631. The molecule has 0 aliphatic carbocycles. The highest BCUT2D eigenvalue weighted by atomic mass is 35.5. The molecule has 3 aromatic rings. The predicted octanol–water partition coefficient (Wildman–Crippen LogP) is 4.85. The zero-order chi connectivity index (χ0) is 20.1. The lowest BCUT2D eigenvalue weighted by atomic mass is 9.92. The molecule has 3 heterocycles. The first-order valence-corrected chi connectivity index (χ1v) is 10.5. The third-order valence-electron chi connectivity index (χ3n) is 5.48. The van der Waals surface area contributed by atoms with Crippen molar-refractivity contribution in [1.82, 2.24) is 15.0 Å². The van der Waals surface area contributed by atoms with E-state index in [9.17, 15) is 0 Å². The molecule has 1 fully saturated rings. The van der Waals surface area contributed by atoms with Crippen LogP contribution in [-0.2, 0) is 0 Å². The van der Waals surface area contributed by atoms with E-state index in [1.54, 1.807) is 12.4 Å². The van der Waals surface area contributed by atoms with E-state index in [0.29, 0.717) is 16.8 Å². The highest BCUT2D eigenvalue weighted by molar-refractivity contribution is 6.30. The Morgan fingerprint density at radius 3 is 2.52 bits per heavy atom. The van der Waals surface area contributed by atoms with Crippen LogP contribution in [0.5, 0.6) is 0 Å². The number of hydrogen-bond donors (Lipinski definition) is 1. The minimum absolute atomic E-state index is 0.283. The summed E-state index contributed by atoms with van der Waals surface area (Å²) in [6.07, 6.45) is 7.80. The monoisotopic (exact) mass is 408 g/mol. The number of hydrogen-bond acceptors (Lipinski definition) is 5. The van der Waals surface area contributed by atoms with Gasteiger partial charge in [-0.15, -0.1) is 0 Å². The Morgan fingerprint density at radius 1 is 1.03 bits per heavy atom. The molecule has 4 rings (SSSR count). The summed E-state index contributed by atoms with van der Waals surface area (Å²) in [4.78, 5) is 16.2. The number of pyridine rings is 1. The Kier molecular flexibility index (Phi) is 6.37. The molecule has 1 aliphatic heterocycles. The van der Waals surface area contributed by atoms with Gasteiger partial charge in [0.05, 0.1) is 5.69 Å². The molecule has 1 N–H and O–H groups in total. The molecular weight excluding hydrogens is 384 g/mol. The van der Waals surface area contributed by atoms with Crippen LogP contribution in [-0.4, -0.2) is 39.8 Å². The largest absolute Gasteiger partial charge is 0.396 e. The van der Waals surface area contributed by atoms with E-state index in [4.69, 9.17) is 26.7 Å². The Morgan fingerprint density at radius 2 is 1.83 bits per heavy atom. The van der Waals surface area contributed by atoms with Gasteiger partial charge in [0.2, 0.25) is 0 Å². The van der Waals surface area contributed by atoms with Gasteiger partial charge in [-0.25, -0.2) is 9.97 Å². The number of aromatic nitrogens is 3. The Bertz CT molecular complexity index is 925. The summed E-state index contributed by atoms with van der Waals surface area (Å²) in [7, 11) is 0. The molecule has 150 valence electrons. The van der Waals surface area contributed by atoms with Crippen molar-refractivity contribution in [2.24, 2.45) is 5.92 Å². The molecule has 1 saturated heterocycles. The first kappa shape index (κ1) is 19.8. The second kappa shape index (κ2) is 9.33. The SMILES string of the molecule is OCCCC1CCN(c2cc(-c3ccc(Cl)cc3)nc(-c3cccnc3)n2)CC1. The third-order valence-corrected chi connectivity index (χ3v) is 5.73. The summed E-state index contributed by atoms with van der Waals surface area (Å²) in [5, 5.41) is 9.79. The van der Waals surface area contributed by atoms with Crippen molar-refractivity contribution in [2.75, 3.05) is 24.6 Å². The van der Waals surface area contributed by atoms with Crippen LogP contribution in [0.25, 0.3) is 22.6 Å². The van der Waals surface area contributed by atoms with Crippen molar-refractivity contribution in [3.8, 4) is 22.6 Å². The summed E-state index contributed by atoms with van der Waals surface area (Å²) in [5.41, 5.74) is 2.80. The van der Waals surface area contributed by atoms with Gasteiger partial charge in [0.15, 0.2) is 5.82 Å². The highest BCUT2D eigenvalue weighted by Crippen LogP contribution is 2.30. The van der Waals surface area contributed by atoms with E-state index in [1.807, 2.05) is 36.4 Å². The Labute approximate surface area is 176 Å². The molecule has 0 amide bonds. The molecule has 2 aromatic heterocycles. The first-order valence-electron chi connectivity index (χ1n) is 10.1.